The summed E-state index contributed by atoms with van der Waals surface area (Å²) in [6.07, 6.45) is 0. The second-order valence-corrected chi connectivity index (χ2v) is 4.02. The zero-order valence-corrected chi connectivity index (χ0v) is 9.93. The Bertz CT molecular complexity index is 247. The normalized spacial score (nSPS) is 9.92. The zero-order chi connectivity index (χ0) is 8.97. The molecule has 0 spiro atoms. The van der Waals surface area contributed by atoms with Crippen LogP contribution in [0.5, 0.6) is 5.75 Å². The van der Waals surface area contributed by atoms with Crippen molar-refractivity contribution in [2.75, 3.05) is 11.0 Å². The van der Waals surface area contributed by atoms with Gasteiger partial charge in [-0.05, 0) is 28.1 Å². The maximum atomic E-state index is 13.0. The molecule has 0 N–H and O–H groups in total. The minimum atomic E-state index is -0.325. The zero-order valence-electron chi connectivity index (χ0n) is 6.19. The molecule has 1 nitrogen and oxygen atoms in total. The lowest BCUT2D eigenvalue weighted by molar-refractivity contribution is 0.325. The third-order valence-electron chi connectivity index (χ3n) is 1.24. The molecule has 1 aromatic rings. The molecule has 0 saturated carbocycles. The summed E-state index contributed by atoms with van der Waals surface area (Å²) in [6, 6.07) is 4.77. The van der Waals surface area contributed by atoms with Gasteiger partial charge >= 0.3 is 0 Å². The van der Waals surface area contributed by atoms with Crippen molar-refractivity contribution in [1.29, 1.82) is 0 Å². The lowest BCUT2D eigenvalue weighted by Crippen LogP contribution is -2.00. The van der Waals surface area contributed by atoms with Crippen LogP contribution in [0.3, 0.4) is 0 Å². The maximum Gasteiger partial charge on any atom is 0.169 e. The van der Waals surface area contributed by atoms with Crippen molar-refractivity contribution in [3.63, 3.8) is 0 Å². The van der Waals surface area contributed by atoms with Gasteiger partial charge in [0.15, 0.2) is 11.6 Å². The second kappa shape index (κ2) is 5.01. The topological polar surface area (TPSA) is 9.23 Å². The van der Waals surface area contributed by atoms with Crippen LogP contribution in [0.15, 0.2) is 22.7 Å². The maximum absolute atomic E-state index is 13.0. The van der Waals surface area contributed by atoms with E-state index >= 15 is 0 Å². The summed E-state index contributed by atoms with van der Waals surface area (Å²) in [5, 5.41) is 0. The van der Waals surface area contributed by atoms with E-state index in [2.05, 4.69) is 38.5 Å². The lowest BCUT2D eigenvalue weighted by Gasteiger charge is -2.06. The van der Waals surface area contributed by atoms with Gasteiger partial charge in [0.25, 0.3) is 0 Å². The monoisotopic (exact) mass is 344 g/mol. The standard InChI is InChI=1S/C8H7BrFIO/c9-6-2-1-3-7(10)8(6)12-5-4-11/h1-3H,4-5H2. The van der Waals surface area contributed by atoms with Gasteiger partial charge in [-0.2, -0.15) is 0 Å². The van der Waals surface area contributed by atoms with Crippen LogP contribution >= 0.6 is 38.5 Å². The fourth-order valence-corrected chi connectivity index (χ4v) is 1.44. The predicted molar refractivity (Wildman–Crippen MR) is 58.5 cm³/mol. The molecule has 0 unspecified atom stereocenters. The van der Waals surface area contributed by atoms with E-state index in [9.17, 15) is 4.39 Å². The van der Waals surface area contributed by atoms with E-state index in [1.54, 1.807) is 12.1 Å². The quantitative estimate of drug-likeness (QED) is 0.603. The van der Waals surface area contributed by atoms with Gasteiger partial charge in [0.1, 0.15) is 0 Å². The SMILES string of the molecule is Fc1cccc(Br)c1OCCI. The van der Waals surface area contributed by atoms with E-state index in [0.29, 0.717) is 16.8 Å². The van der Waals surface area contributed by atoms with Crippen molar-refractivity contribution >= 4 is 38.5 Å². The molecule has 1 aromatic carbocycles. The Morgan fingerprint density at radius 1 is 1.50 bits per heavy atom. The number of alkyl halides is 1. The fourth-order valence-electron chi connectivity index (χ4n) is 0.761. The Labute approximate surface area is 92.6 Å². The van der Waals surface area contributed by atoms with E-state index in [1.165, 1.54) is 6.07 Å². The Morgan fingerprint density at radius 3 is 2.83 bits per heavy atom. The van der Waals surface area contributed by atoms with Gasteiger partial charge in [0.05, 0.1) is 11.1 Å². The van der Waals surface area contributed by atoms with E-state index < -0.39 is 0 Å². The summed E-state index contributed by atoms with van der Waals surface area (Å²) in [5.41, 5.74) is 0. The van der Waals surface area contributed by atoms with Crippen LogP contribution in [-0.2, 0) is 0 Å². The summed E-state index contributed by atoms with van der Waals surface area (Å²) in [6.45, 7) is 0.528. The van der Waals surface area contributed by atoms with Gasteiger partial charge in [-0.25, -0.2) is 4.39 Å². The average Bonchev–Trinajstić information content (AvgIpc) is 2.04. The van der Waals surface area contributed by atoms with Crippen LogP contribution in [0, 0.1) is 5.82 Å². The Kier molecular flexibility index (Phi) is 4.28. The first kappa shape index (κ1) is 10.2. The molecule has 0 radical (unpaired) electrons. The van der Waals surface area contributed by atoms with E-state index in [-0.39, 0.29) is 5.82 Å². The summed E-state index contributed by atoms with van der Waals surface area (Å²) in [4.78, 5) is 0. The van der Waals surface area contributed by atoms with Crippen LogP contribution in [-0.4, -0.2) is 11.0 Å². The molecule has 0 aliphatic heterocycles. The van der Waals surface area contributed by atoms with E-state index in [4.69, 9.17) is 4.74 Å². The molecular weight excluding hydrogens is 338 g/mol. The van der Waals surface area contributed by atoms with Crippen LogP contribution in [0.1, 0.15) is 0 Å². The van der Waals surface area contributed by atoms with Gasteiger partial charge < -0.3 is 4.74 Å². The summed E-state index contributed by atoms with van der Waals surface area (Å²) < 4.78 is 19.7. The van der Waals surface area contributed by atoms with Crippen molar-refractivity contribution in [2.45, 2.75) is 0 Å². The first-order valence-corrected chi connectivity index (χ1v) is 5.70. The van der Waals surface area contributed by atoms with Crippen molar-refractivity contribution < 1.29 is 9.13 Å². The molecule has 1 rings (SSSR count). The minimum Gasteiger partial charge on any atom is -0.489 e. The highest BCUT2D eigenvalue weighted by Gasteiger charge is 2.06. The number of para-hydroxylation sites is 1. The Hall–Kier alpha value is 0.160. The highest BCUT2D eigenvalue weighted by atomic mass is 127. The van der Waals surface area contributed by atoms with E-state index in [1.807, 2.05) is 0 Å². The Morgan fingerprint density at radius 2 is 2.25 bits per heavy atom. The van der Waals surface area contributed by atoms with Crippen LogP contribution in [0.25, 0.3) is 0 Å². The average molecular weight is 345 g/mol. The molecule has 0 heterocycles. The second-order valence-electron chi connectivity index (χ2n) is 2.09. The van der Waals surface area contributed by atoms with Crippen LogP contribution < -0.4 is 4.74 Å². The molecule has 0 aromatic heterocycles. The smallest absolute Gasteiger partial charge is 0.169 e. The molecule has 0 bridgehead atoms. The molecule has 0 fully saturated rings. The summed E-state index contributed by atoms with van der Waals surface area (Å²) in [5.74, 6) is -0.0246. The number of rotatable bonds is 3. The van der Waals surface area contributed by atoms with Gasteiger partial charge in [-0.15, -0.1) is 0 Å². The number of ether oxygens (including phenoxy) is 1. The van der Waals surface area contributed by atoms with Gasteiger partial charge in [-0.1, -0.05) is 28.7 Å². The molecule has 0 saturated heterocycles. The summed E-state index contributed by atoms with van der Waals surface area (Å²) in [7, 11) is 0. The predicted octanol–water partition coefficient (Wildman–Crippen LogP) is 3.40. The molecule has 66 valence electrons. The molecule has 0 atom stereocenters. The van der Waals surface area contributed by atoms with Crippen molar-refractivity contribution in [3.8, 4) is 5.75 Å². The molecule has 12 heavy (non-hydrogen) atoms. The first-order chi connectivity index (χ1) is 5.75. The van der Waals surface area contributed by atoms with Gasteiger partial charge in [-0.3, -0.25) is 0 Å². The highest BCUT2D eigenvalue weighted by Crippen LogP contribution is 2.27. The minimum absolute atomic E-state index is 0.300. The van der Waals surface area contributed by atoms with Crippen molar-refractivity contribution in [2.24, 2.45) is 0 Å². The lowest BCUT2D eigenvalue weighted by atomic mass is 10.3. The fraction of sp³-hybridized carbons (Fsp3) is 0.250. The third kappa shape index (κ3) is 2.58. The summed E-state index contributed by atoms with van der Waals surface area (Å²) >= 11 is 5.38. The number of hydrogen-bond donors (Lipinski definition) is 0. The Balaban J connectivity index is 2.81. The highest BCUT2D eigenvalue weighted by molar-refractivity contribution is 14.1. The molecule has 0 amide bonds. The van der Waals surface area contributed by atoms with Gasteiger partial charge in [0, 0.05) is 4.43 Å². The number of hydrogen-bond acceptors (Lipinski definition) is 1. The molecule has 0 aliphatic rings. The third-order valence-corrected chi connectivity index (χ3v) is 2.31. The van der Waals surface area contributed by atoms with Crippen LogP contribution in [0.4, 0.5) is 4.39 Å². The molecule has 0 aliphatic carbocycles. The largest absolute Gasteiger partial charge is 0.489 e. The first-order valence-electron chi connectivity index (χ1n) is 3.38. The van der Waals surface area contributed by atoms with Crippen LogP contribution in [0.2, 0.25) is 0 Å². The van der Waals surface area contributed by atoms with Crippen molar-refractivity contribution in [1.82, 2.24) is 0 Å². The van der Waals surface area contributed by atoms with Gasteiger partial charge in [0.2, 0.25) is 0 Å². The molecular formula is C8H7BrFIO. The molecule has 4 heteroatoms. The number of halogens is 3. The van der Waals surface area contributed by atoms with Crippen molar-refractivity contribution in [3.05, 3.63) is 28.5 Å². The number of benzene rings is 1. The van der Waals surface area contributed by atoms with E-state index in [0.717, 1.165) is 4.43 Å².